The molecule has 0 unspecified atom stereocenters. The zero-order valence-corrected chi connectivity index (χ0v) is 15.2. The van der Waals surface area contributed by atoms with Crippen molar-refractivity contribution in [2.75, 3.05) is 6.54 Å². The predicted molar refractivity (Wildman–Crippen MR) is 93.2 cm³/mol. The van der Waals surface area contributed by atoms with Crippen molar-refractivity contribution < 1.29 is 4.79 Å². The molecule has 2 heteroatoms. The Hall–Kier alpha value is -0.530. The smallest absolute Gasteiger partial charge is 0.219 e. The number of hydrogen-bond donors (Lipinski definition) is 1. The van der Waals surface area contributed by atoms with Gasteiger partial charge in [0.2, 0.25) is 5.91 Å². The molecule has 0 bridgehead atoms. The monoisotopic (exact) mass is 287 g/mol. The maximum atomic E-state index is 11.1. The molecule has 0 heterocycles. The molecule has 0 aromatic carbocycles. The molecule has 1 amide bonds. The summed E-state index contributed by atoms with van der Waals surface area (Å²) < 4.78 is 0. The Morgan fingerprint density at radius 2 is 1.15 bits per heavy atom. The van der Waals surface area contributed by atoms with Crippen LogP contribution in [0, 0.1) is 0 Å². The van der Waals surface area contributed by atoms with E-state index in [0.29, 0.717) is 6.42 Å². The van der Waals surface area contributed by atoms with E-state index in [1.807, 2.05) is 34.6 Å². The van der Waals surface area contributed by atoms with Gasteiger partial charge in [0.15, 0.2) is 0 Å². The van der Waals surface area contributed by atoms with Gasteiger partial charge in [-0.1, -0.05) is 86.5 Å². The minimum atomic E-state index is 0.213. The van der Waals surface area contributed by atoms with Crippen LogP contribution in [0.3, 0.4) is 0 Å². The number of rotatable bonds is 11. The van der Waals surface area contributed by atoms with Gasteiger partial charge in [0.05, 0.1) is 0 Å². The Bertz CT molecular complexity index is 157. The van der Waals surface area contributed by atoms with Crippen LogP contribution in [0.5, 0.6) is 0 Å². The Balaban J connectivity index is -0.000000656. The molecule has 124 valence electrons. The molecule has 2 nitrogen and oxygen atoms in total. The fourth-order valence-electron chi connectivity index (χ4n) is 1.80. The molecule has 0 fully saturated rings. The van der Waals surface area contributed by atoms with Gasteiger partial charge < -0.3 is 5.32 Å². The highest BCUT2D eigenvalue weighted by Crippen LogP contribution is 2.07. The number of unbranched alkanes of at least 4 members (excludes halogenated alkanes) is 7. The second-order valence-corrected chi connectivity index (χ2v) is 4.57. The molecule has 0 saturated carbocycles. The Kier molecular flexibility index (Phi) is 33.0. The van der Waals surface area contributed by atoms with E-state index < -0.39 is 0 Å². The first-order valence-corrected chi connectivity index (χ1v) is 9.08. The molecular formula is C18H41NO. The van der Waals surface area contributed by atoms with E-state index in [9.17, 15) is 4.79 Å². The predicted octanol–water partition coefficient (Wildman–Crippen LogP) is 6.10. The second kappa shape index (κ2) is 26.9. The highest BCUT2D eigenvalue weighted by molar-refractivity contribution is 5.75. The Morgan fingerprint density at radius 3 is 1.60 bits per heavy atom. The van der Waals surface area contributed by atoms with Gasteiger partial charge in [-0.3, -0.25) is 4.79 Å². The molecule has 0 spiro atoms. The number of amides is 1. The largest absolute Gasteiger partial charge is 0.356 e. The average molecular weight is 288 g/mol. The van der Waals surface area contributed by atoms with E-state index in [1.54, 1.807) is 0 Å². The van der Waals surface area contributed by atoms with Crippen LogP contribution in [0.1, 0.15) is 106 Å². The van der Waals surface area contributed by atoms with Crippen LogP contribution in [0.4, 0.5) is 0 Å². The van der Waals surface area contributed by atoms with Gasteiger partial charge >= 0.3 is 0 Å². The van der Waals surface area contributed by atoms with Crippen LogP contribution >= 0.6 is 0 Å². The van der Waals surface area contributed by atoms with Crippen LogP contribution in [0.25, 0.3) is 0 Å². The summed E-state index contributed by atoms with van der Waals surface area (Å²) in [5.41, 5.74) is 0. The summed E-state index contributed by atoms with van der Waals surface area (Å²) in [6.07, 6.45) is 12.2. The molecule has 0 saturated heterocycles. The quantitative estimate of drug-likeness (QED) is 0.457. The van der Waals surface area contributed by atoms with Crippen molar-refractivity contribution in [1.82, 2.24) is 5.32 Å². The first-order valence-electron chi connectivity index (χ1n) is 9.08. The van der Waals surface area contributed by atoms with Gasteiger partial charge in [0.1, 0.15) is 0 Å². The lowest BCUT2D eigenvalue weighted by Crippen LogP contribution is -2.23. The first-order chi connectivity index (χ1) is 9.81. The van der Waals surface area contributed by atoms with Gasteiger partial charge in [-0.05, 0) is 12.8 Å². The molecular weight excluding hydrogens is 246 g/mol. The molecule has 0 aromatic heterocycles. The van der Waals surface area contributed by atoms with Crippen molar-refractivity contribution in [3.8, 4) is 0 Å². The van der Waals surface area contributed by atoms with Crippen molar-refractivity contribution in [2.45, 2.75) is 106 Å². The van der Waals surface area contributed by atoms with Crippen LogP contribution < -0.4 is 5.32 Å². The van der Waals surface area contributed by atoms with Crippen molar-refractivity contribution in [3.05, 3.63) is 0 Å². The summed E-state index contributed by atoms with van der Waals surface area (Å²) in [6.45, 7) is 13.2. The topological polar surface area (TPSA) is 29.1 Å². The summed E-state index contributed by atoms with van der Waals surface area (Å²) >= 11 is 0. The van der Waals surface area contributed by atoms with E-state index >= 15 is 0 Å². The second-order valence-electron chi connectivity index (χ2n) is 4.57. The SMILES string of the molecule is CC.CC.CCCCCCCCCCNC(=O)CCC. The molecule has 0 rings (SSSR count). The van der Waals surface area contributed by atoms with Crippen molar-refractivity contribution in [3.63, 3.8) is 0 Å². The van der Waals surface area contributed by atoms with Crippen LogP contribution in [-0.4, -0.2) is 12.5 Å². The van der Waals surface area contributed by atoms with Gasteiger partial charge in [-0.15, -0.1) is 0 Å². The molecule has 0 aliphatic carbocycles. The Morgan fingerprint density at radius 1 is 0.700 bits per heavy atom. The lowest BCUT2D eigenvalue weighted by molar-refractivity contribution is -0.121. The minimum Gasteiger partial charge on any atom is -0.356 e. The number of carbonyl (C=O) groups excluding carboxylic acids is 1. The van der Waals surface area contributed by atoms with Gasteiger partial charge in [-0.25, -0.2) is 0 Å². The highest BCUT2D eigenvalue weighted by Gasteiger charge is 1.97. The zero-order chi connectivity index (χ0) is 16.1. The summed E-state index contributed by atoms with van der Waals surface area (Å²) in [6, 6.07) is 0. The summed E-state index contributed by atoms with van der Waals surface area (Å²) in [4.78, 5) is 11.1. The van der Waals surface area contributed by atoms with E-state index in [1.165, 1.54) is 44.9 Å². The first kappa shape index (κ1) is 24.5. The van der Waals surface area contributed by atoms with E-state index in [-0.39, 0.29) is 5.91 Å². The van der Waals surface area contributed by atoms with E-state index in [4.69, 9.17) is 0 Å². The van der Waals surface area contributed by atoms with Crippen molar-refractivity contribution in [2.24, 2.45) is 0 Å². The van der Waals surface area contributed by atoms with Crippen LogP contribution in [0.2, 0.25) is 0 Å². The number of nitrogens with one attached hydrogen (secondary N) is 1. The van der Waals surface area contributed by atoms with Crippen LogP contribution in [-0.2, 0) is 4.79 Å². The molecule has 0 atom stereocenters. The standard InChI is InChI=1S/C14H29NO.2C2H6/c1-3-5-6-7-8-9-10-11-13-15-14(16)12-4-2;2*1-2/h3-13H2,1-2H3,(H,15,16);2*1-2H3. The normalized spacial score (nSPS) is 8.90. The zero-order valence-electron chi connectivity index (χ0n) is 15.2. The molecule has 0 aliphatic heterocycles. The lowest BCUT2D eigenvalue weighted by Gasteiger charge is -2.04. The van der Waals surface area contributed by atoms with Gasteiger partial charge in [-0.2, -0.15) is 0 Å². The summed E-state index contributed by atoms with van der Waals surface area (Å²) in [5, 5.41) is 2.96. The average Bonchev–Trinajstić information content (AvgIpc) is 2.50. The fraction of sp³-hybridized carbons (Fsp3) is 0.944. The van der Waals surface area contributed by atoms with Crippen LogP contribution in [0.15, 0.2) is 0 Å². The van der Waals surface area contributed by atoms with Gasteiger partial charge in [0.25, 0.3) is 0 Å². The molecule has 20 heavy (non-hydrogen) atoms. The maximum absolute atomic E-state index is 11.1. The van der Waals surface area contributed by atoms with Crippen molar-refractivity contribution >= 4 is 5.91 Å². The molecule has 1 N–H and O–H groups in total. The minimum absolute atomic E-state index is 0.213. The van der Waals surface area contributed by atoms with Crippen molar-refractivity contribution in [1.29, 1.82) is 0 Å². The summed E-state index contributed by atoms with van der Waals surface area (Å²) in [5.74, 6) is 0.213. The molecule has 0 aliphatic rings. The number of hydrogen-bond acceptors (Lipinski definition) is 1. The van der Waals surface area contributed by atoms with Gasteiger partial charge in [0, 0.05) is 13.0 Å². The summed E-state index contributed by atoms with van der Waals surface area (Å²) in [7, 11) is 0. The third-order valence-corrected chi connectivity index (χ3v) is 2.83. The highest BCUT2D eigenvalue weighted by atomic mass is 16.1. The lowest BCUT2D eigenvalue weighted by atomic mass is 10.1. The molecule has 0 radical (unpaired) electrons. The fourth-order valence-corrected chi connectivity index (χ4v) is 1.80. The Labute approximate surface area is 129 Å². The molecule has 0 aromatic rings. The third-order valence-electron chi connectivity index (χ3n) is 2.83. The number of carbonyl (C=O) groups is 1. The third kappa shape index (κ3) is 26.1. The van der Waals surface area contributed by atoms with E-state index in [0.717, 1.165) is 19.4 Å². The van der Waals surface area contributed by atoms with E-state index in [2.05, 4.69) is 12.2 Å². The maximum Gasteiger partial charge on any atom is 0.219 e.